The highest BCUT2D eigenvalue weighted by Crippen LogP contribution is 2.47. The minimum absolute atomic E-state index is 0.186. The standard InChI is InChI=1S/C19H26FN5O3/c1-11(26)23-7-13-8-25(19(27)28-13)12-2-3-17(16(20)6-12)24-9-14-15(10-24)18(14)22-5-4-21/h2-3,6,13-15,18,22H,4-5,7-10,21H2,1H3,(H,23,26)/t13-,14?,15?,18?/m0/s1. The monoisotopic (exact) mass is 391 g/mol. The van der Waals surface area contributed by atoms with Crippen LogP contribution in [0.5, 0.6) is 0 Å². The van der Waals surface area contributed by atoms with E-state index in [4.69, 9.17) is 10.5 Å². The zero-order chi connectivity index (χ0) is 19.8. The molecule has 0 radical (unpaired) electrons. The lowest BCUT2D eigenvalue weighted by atomic mass is 10.2. The van der Waals surface area contributed by atoms with Crippen molar-refractivity contribution in [3.63, 3.8) is 0 Å². The van der Waals surface area contributed by atoms with Crippen molar-refractivity contribution >= 4 is 23.4 Å². The lowest BCUT2D eigenvalue weighted by Gasteiger charge is -2.24. The lowest BCUT2D eigenvalue weighted by Crippen LogP contribution is -2.34. The van der Waals surface area contributed by atoms with Gasteiger partial charge in [-0.25, -0.2) is 9.18 Å². The van der Waals surface area contributed by atoms with Gasteiger partial charge in [0.1, 0.15) is 11.9 Å². The molecule has 3 fully saturated rings. The van der Waals surface area contributed by atoms with E-state index >= 15 is 0 Å². The summed E-state index contributed by atoms with van der Waals surface area (Å²) in [5, 5.41) is 6.06. The molecular weight excluding hydrogens is 365 g/mol. The molecule has 28 heavy (non-hydrogen) atoms. The van der Waals surface area contributed by atoms with E-state index in [9.17, 15) is 14.0 Å². The Morgan fingerprint density at radius 2 is 2.07 bits per heavy atom. The number of carbonyl (C=O) groups excluding carboxylic acids is 2. The number of halogens is 1. The molecule has 0 aromatic heterocycles. The van der Waals surface area contributed by atoms with Crippen LogP contribution < -0.4 is 26.2 Å². The van der Waals surface area contributed by atoms with E-state index in [0.29, 0.717) is 35.8 Å². The van der Waals surface area contributed by atoms with Gasteiger partial charge in [0, 0.05) is 39.1 Å². The highest BCUT2D eigenvalue weighted by molar-refractivity contribution is 5.90. The van der Waals surface area contributed by atoms with Crippen molar-refractivity contribution in [2.75, 3.05) is 49.1 Å². The smallest absolute Gasteiger partial charge is 0.414 e. The summed E-state index contributed by atoms with van der Waals surface area (Å²) >= 11 is 0. The van der Waals surface area contributed by atoms with Gasteiger partial charge < -0.3 is 26.0 Å². The summed E-state index contributed by atoms with van der Waals surface area (Å²) in [5.41, 5.74) is 6.56. The van der Waals surface area contributed by atoms with Crippen molar-refractivity contribution in [2.24, 2.45) is 17.6 Å². The number of piperidine rings is 1. The number of nitrogens with zero attached hydrogens (tertiary/aromatic N) is 2. The Morgan fingerprint density at radius 3 is 2.71 bits per heavy atom. The number of nitrogens with one attached hydrogen (secondary N) is 2. The van der Waals surface area contributed by atoms with Gasteiger partial charge in [-0.2, -0.15) is 0 Å². The number of ether oxygens (including phenoxy) is 1. The Hall–Kier alpha value is -2.39. The zero-order valence-electron chi connectivity index (χ0n) is 15.9. The van der Waals surface area contributed by atoms with Gasteiger partial charge in [-0.1, -0.05) is 0 Å². The first-order valence-corrected chi connectivity index (χ1v) is 9.68. The number of fused-ring (bicyclic) bond motifs is 1. The van der Waals surface area contributed by atoms with Gasteiger partial charge >= 0.3 is 6.09 Å². The Bertz CT molecular complexity index is 764. The predicted molar refractivity (Wildman–Crippen MR) is 103 cm³/mol. The van der Waals surface area contributed by atoms with Crippen molar-refractivity contribution in [3.05, 3.63) is 24.0 Å². The maximum atomic E-state index is 14.8. The van der Waals surface area contributed by atoms with Crippen molar-refractivity contribution in [3.8, 4) is 0 Å². The fourth-order valence-electron chi connectivity index (χ4n) is 4.29. The minimum atomic E-state index is -0.529. The van der Waals surface area contributed by atoms with Crippen LogP contribution in [-0.2, 0) is 9.53 Å². The predicted octanol–water partition coefficient (Wildman–Crippen LogP) is 0.270. The van der Waals surface area contributed by atoms with Gasteiger partial charge in [0.2, 0.25) is 5.91 Å². The Morgan fingerprint density at radius 1 is 1.32 bits per heavy atom. The summed E-state index contributed by atoms with van der Waals surface area (Å²) in [5.74, 6) is 0.569. The molecule has 2 saturated heterocycles. The molecule has 2 unspecified atom stereocenters. The molecule has 1 aliphatic carbocycles. The summed E-state index contributed by atoms with van der Waals surface area (Å²) in [6.07, 6.45) is -0.971. The molecule has 2 heterocycles. The molecular formula is C19H26FN5O3. The summed E-state index contributed by atoms with van der Waals surface area (Å²) < 4.78 is 20.0. The number of benzene rings is 1. The van der Waals surface area contributed by atoms with E-state index in [2.05, 4.69) is 15.5 Å². The van der Waals surface area contributed by atoms with E-state index in [1.54, 1.807) is 12.1 Å². The topological polar surface area (TPSA) is 99.9 Å². The molecule has 0 spiro atoms. The van der Waals surface area contributed by atoms with Crippen molar-refractivity contribution in [2.45, 2.75) is 19.1 Å². The van der Waals surface area contributed by atoms with E-state index in [0.717, 1.165) is 19.6 Å². The highest BCUT2D eigenvalue weighted by Gasteiger charge is 2.55. The second kappa shape index (κ2) is 7.56. The third-order valence-corrected chi connectivity index (χ3v) is 5.75. The maximum absolute atomic E-state index is 14.8. The van der Waals surface area contributed by atoms with Crippen molar-refractivity contribution in [1.29, 1.82) is 0 Å². The SMILES string of the molecule is CC(=O)NC[C@H]1CN(c2ccc(N3CC4C(C3)C4NCCN)c(F)c2)C(=O)O1. The van der Waals surface area contributed by atoms with Gasteiger partial charge in [-0.3, -0.25) is 9.69 Å². The summed E-state index contributed by atoms with van der Waals surface area (Å²) in [6, 6.07) is 5.36. The van der Waals surface area contributed by atoms with Crippen LogP contribution in [0.1, 0.15) is 6.92 Å². The fourth-order valence-corrected chi connectivity index (χ4v) is 4.29. The van der Waals surface area contributed by atoms with Gasteiger partial charge in [-0.05, 0) is 30.0 Å². The Balaban J connectivity index is 1.37. The molecule has 4 N–H and O–H groups in total. The first-order chi connectivity index (χ1) is 13.5. The molecule has 2 amide bonds. The normalized spacial score (nSPS) is 28.3. The molecule has 8 nitrogen and oxygen atoms in total. The average Bonchev–Trinajstić information content (AvgIpc) is 2.98. The summed E-state index contributed by atoms with van der Waals surface area (Å²) in [6.45, 7) is 5.02. The molecule has 0 bridgehead atoms. The first kappa shape index (κ1) is 18.9. The molecule has 3 aliphatic rings. The van der Waals surface area contributed by atoms with E-state index in [-0.39, 0.29) is 24.8 Å². The number of amides is 2. The van der Waals surface area contributed by atoms with Crippen LogP contribution in [-0.4, -0.2) is 63.4 Å². The van der Waals surface area contributed by atoms with Crippen LogP contribution in [0.2, 0.25) is 0 Å². The van der Waals surface area contributed by atoms with E-state index in [1.807, 2.05) is 0 Å². The fraction of sp³-hybridized carbons (Fsp3) is 0.579. The molecule has 4 rings (SSSR count). The number of hydrogen-bond acceptors (Lipinski definition) is 6. The highest BCUT2D eigenvalue weighted by atomic mass is 19.1. The average molecular weight is 391 g/mol. The van der Waals surface area contributed by atoms with Crippen LogP contribution in [0.25, 0.3) is 0 Å². The number of nitrogens with two attached hydrogens (primary N) is 1. The summed E-state index contributed by atoms with van der Waals surface area (Å²) in [7, 11) is 0. The molecule has 3 atom stereocenters. The van der Waals surface area contributed by atoms with Gasteiger partial charge in [0.15, 0.2) is 0 Å². The van der Waals surface area contributed by atoms with Crippen LogP contribution in [0.3, 0.4) is 0 Å². The molecule has 9 heteroatoms. The van der Waals surface area contributed by atoms with Crippen LogP contribution >= 0.6 is 0 Å². The third-order valence-electron chi connectivity index (χ3n) is 5.75. The first-order valence-electron chi connectivity index (χ1n) is 9.68. The van der Waals surface area contributed by atoms with Crippen LogP contribution in [0.15, 0.2) is 18.2 Å². The molecule has 152 valence electrons. The minimum Gasteiger partial charge on any atom is -0.442 e. The largest absolute Gasteiger partial charge is 0.442 e. The van der Waals surface area contributed by atoms with Crippen molar-refractivity contribution < 1.29 is 18.7 Å². The molecule has 1 aromatic rings. The van der Waals surface area contributed by atoms with Gasteiger partial charge in [-0.15, -0.1) is 0 Å². The molecule has 1 saturated carbocycles. The maximum Gasteiger partial charge on any atom is 0.414 e. The second-order valence-electron chi connectivity index (χ2n) is 7.69. The van der Waals surface area contributed by atoms with E-state index in [1.165, 1.54) is 17.9 Å². The lowest BCUT2D eigenvalue weighted by molar-refractivity contribution is -0.119. The zero-order valence-corrected chi connectivity index (χ0v) is 15.9. The van der Waals surface area contributed by atoms with Gasteiger partial charge in [0.05, 0.1) is 24.5 Å². The van der Waals surface area contributed by atoms with E-state index < -0.39 is 12.2 Å². The summed E-state index contributed by atoms with van der Waals surface area (Å²) in [4.78, 5) is 26.6. The second-order valence-corrected chi connectivity index (χ2v) is 7.69. The number of rotatable bonds is 7. The van der Waals surface area contributed by atoms with Crippen LogP contribution in [0, 0.1) is 17.7 Å². The quantitative estimate of drug-likeness (QED) is 0.617. The third kappa shape index (κ3) is 3.64. The van der Waals surface area contributed by atoms with Crippen LogP contribution in [0.4, 0.5) is 20.6 Å². The number of hydrogen-bond donors (Lipinski definition) is 3. The Kier molecular flexibility index (Phi) is 5.11. The van der Waals surface area contributed by atoms with Gasteiger partial charge in [0.25, 0.3) is 0 Å². The number of cyclic esters (lactones) is 1. The number of carbonyl (C=O) groups is 2. The molecule has 2 aliphatic heterocycles. The molecule has 1 aromatic carbocycles. The Labute approximate surface area is 163 Å². The van der Waals surface area contributed by atoms with Crippen molar-refractivity contribution in [1.82, 2.24) is 10.6 Å². The number of anilines is 2.